The Balaban J connectivity index is 1.97. The van der Waals surface area contributed by atoms with E-state index >= 15 is 0 Å². The van der Waals surface area contributed by atoms with E-state index in [1.807, 2.05) is 0 Å². The minimum absolute atomic E-state index is 0.0848. The lowest BCUT2D eigenvalue weighted by Crippen LogP contribution is -2.27. The zero-order valence-electron chi connectivity index (χ0n) is 14.6. The molecule has 3 rings (SSSR count). The summed E-state index contributed by atoms with van der Waals surface area (Å²) in [5.74, 6) is -0.909. The highest BCUT2D eigenvalue weighted by Crippen LogP contribution is 2.37. The van der Waals surface area contributed by atoms with Gasteiger partial charge in [0, 0.05) is 29.7 Å². The molecule has 0 bridgehead atoms. The molecule has 0 saturated carbocycles. The number of nitro benzene ring substituents is 1. The molecular weight excluding hydrogens is 372 g/mol. The van der Waals surface area contributed by atoms with Crippen LogP contribution >= 0.6 is 11.3 Å². The molecule has 1 atom stereocenters. The molecule has 0 aliphatic carbocycles. The number of rotatable bonds is 6. The lowest BCUT2D eigenvalue weighted by molar-refractivity contribution is -0.384. The van der Waals surface area contributed by atoms with Crippen LogP contribution in [0.2, 0.25) is 0 Å². The number of nitro groups is 1. The fourth-order valence-corrected chi connectivity index (χ4v) is 3.79. The molecule has 2 aromatic rings. The van der Waals surface area contributed by atoms with Crippen molar-refractivity contribution in [3.63, 3.8) is 0 Å². The topological polar surface area (TPSA) is 108 Å². The van der Waals surface area contributed by atoms with Crippen molar-refractivity contribution in [2.24, 2.45) is 0 Å². The minimum atomic E-state index is -0.595. The highest BCUT2D eigenvalue weighted by atomic mass is 32.1. The van der Waals surface area contributed by atoms with Gasteiger partial charge in [-0.1, -0.05) is 12.1 Å². The van der Waals surface area contributed by atoms with Crippen molar-refractivity contribution in [1.29, 1.82) is 0 Å². The first kappa shape index (κ1) is 19.0. The van der Waals surface area contributed by atoms with E-state index in [1.54, 1.807) is 24.4 Å². The maximum atomic E-state index is 12.5. The van der Waals surface area contributed by atoms with Crippen molar-refractivity contribution in [2.75, 3.05) is 18.5 Å². The lowest BCUT2D eigenvalue weighted by Gasteiger charge is -2.11. The molecule has 1 aromatic heterocycles. The lowest BCUT2D eigenvalue weighted by atomic mass is 10.0. The van der Waals surface area contributed by atoms with Gasteiger partial charge in [-0.15, -0.1) is 11.3 Å². The maximum Gasteiger partial charge on any atom is 0.341 e. The fraction of sp³-hybridized carbons (Fsp3) is 0.333. The van der Waals surface area contributed by atoms with E-state index in [0.29, 0.717) is 29.2 Å². The van der Waals surface area contributed by atoms with Crippen LogP contribution < -0.4 is 5.32 Å². The first-order valence-electron chi connectivity index (χ1n) is 8.47. The van der Waals surface area contributed by atoms with Gasteiger partial charge in [0.25, 0.3) is 11.6 Å². The summed E-state index contributed by atoms with van der Waals surface area (Å²) in [7, 11) is 0. The van der Waals surface area contributed by atoms with Crippen LogP contribution in [0, 0.1) is 10.1 Å². The molecule has 2 heterocycles. The summed E-state index contributed by atoms with van der Waals surface area (Å²) in [6.07, 6.45) is 0.902. The predicted octanol–water partition coefficient (Wildman–Crippen LogP) is 3.62. The second-order valence-corrected chi connectivity index (χ2v) is 6.75. The van der Waals surface area contributed by atoms with Crippen molar-refractivity contribution in [2.45, 2.75) is 25.9 Å². The Labute approximate surface area is 159 Å². The van der Waals surface area contributed by atoms with Gasteiger partial charge in [-0.2, -0.15) is 0 Å². The number of hydrogen-bond donors (Lipinski definition) is 1. The van der Waals surface area contributed by atoms with Gasteiger partial charge in [0.2, 0.25) is 0 Å². The molecule has 1 N–H and O–H groups in total. The van der Waals surface area contributed by atoms with E-state index in [4.69, 9.17) is 9.47 Å². The van der Waals surface area contributed by atoms with Crippen molar-refractivity contribution >= 4 is 33.9 Å². The number of ether oxygens (including phenoxy) is 2. The van der Waals surface area contributed by atoms with Crippen LogP contribution in [0.3, 0.4) is 0 Å². The first-order valence-corrected chi connectivity index (χ1v) is 9.35. The van der Waals surface area contributed by atoms with Crippen LogP contribution in [0.5, 0.6) is 0 Å². The fourth-order valence-electron chi connectivity index (χ4n) is 2.83. The van der Waals surface area contributed by atoms with E-state index in [2.05, 4.69) is 5.32 Å². The number of nitrogens with zero attached hydrogens (tertiary/aromatic N) is 1. The molecular formula is C18H18N2O6S. The van der Waals surface area contributed by atoms with Gasteiger partial charge in [-0.3, -0.25) is 14.9 Å². The Morgan fingerprint density at radius 2 is 2.26 bits per heavy atom. The first-order chi connectivity index (χ1) is 13.0. The van der Waals surface area contributed by atoms with E-state index in [-0.39, 0.29) is 23.8 Å². The molecule has 1 aliphatic heterocycles. The number of non-ortho nitro benzene ring substituents is 1. The molecule has 0 unspecified atom stereocenters. The van der Waals surface area contributed by atoms with E-state index in [9.17, 15) is 19.7 Å². The highest BCUT2D eigenvalue weighted by Gasteiger charge is 2.28. The molecule has 1 aromatic carbocycles. The minimum Gasteiger partial charge on any atom is -0.462 e. The van der Waals surface area contributed by atoms with Crippen molar-refractivity contribution in [3.8, 4) is 11.1 Å². The van der Waals surface area contributed by atoms with Gasteiger partial charge in [0.1, 0.15) is 16.7 Å². The summed E-state index contributed by atoms with van der Waals surface area (Å²) in [5, 5.41) is 15.8. The van der Waals surface area contributed by atoms with Crippen LogP contribution in [0.25, 0.3) is 11.1 Å². The van der Waals surface area contributed by atoms with Crippen LogP contribution in [-0.2, 0) is 14.3 Å². The third kappa shape index (κ3) is 4.15. The van der Waals surface area contributed by atoms with Crippen LogP contribution in [0.1, 0.15) is 30.1 Å². The third-order valence-electron chi connectivity index (χ3n) is 4.10. The van der Waals surface area contributed by atoms with Crippen molar-refractivity contribution < 1.29 is 24.0 Å². The molecule has 8 nitrogen and oxygen atoms in total. The SMILES string of the molecule is CCOC(=O)c1c(-c2cccc([N+](=O)[O-])c2)csc1NC(=O)[C@H]1CCCO1. The Hall–Kier alpha value is -2.78. The van der Waals surface area contributed by atoms with Crippen molar-refractivity contribution in [3.05, 3.63) is 45.3 Å². The number of anilines is 1. The second-order valence-electron chi connectivity index (χ2n) is 5.87. The van der Waals surface area contributed by atoms with Crippen LogP contribution in [0.4, 0.5) is 10.7 Å². The molecule has 1 aliphatic rings. The van der Waals surface area contributed by atoms with Gasteiger partial charge in [-0.25, -0.2) is 4.79 Å². The second kappa shape index (κ2) is 8.28. The summed E-state index contributed by atoms with van der Waals surface area (Å²) in [6.45, 7) is 2.39. The van der Waals surface area contributed by atoms with Gasteiger partial charge >= 0.3 is 5.97 Å². The summed E-state index contributed by atoms with van der Waals surface area (Å²) in [4.78, 5) is 35.4. The molecule has 142 valence electrons. The van der Waals surface area contributed by atoms with Gasteiger partial charge in [0.05, 0.1) is 11.5 Å². The average molecular weight is 390 g/mol. The number of esters is 1. The van der Waals surface area contributed by atoms with Crippen LogP contribution in [0.15, 0.2) is 29.6 Å². The number of hydrogen-bond acceptors (Lipinski definition) is 7. The summed E-state index contributed by atoms with van der Waals surface area (Å²) in [6, 6.07) is 5.98. The Kier molecular flexibility index (Phi) is 5.82. The van der Waals surface area contributed by atoms with Gasteiger partial charge in [0.15, 0.2) is 0 Å². The zero-order chi connectivity index (χ0) is 19.4. The molecule has 27 heavy (non-hydrogen) atoms. The molecule has 0 radical (unpaired) electrons. The number of carbonyl (C=O) groups is 2. The van der Waals surface area contributed by atoms with Gasteiger partial charge in [-0.05, 0) is 25.3 Å². The molecule has 9 heteroatoms. The Bertz CT molecular complexity index is 872. The van der Waals surface area contributed by atoms with E-state index < -0.39 is 17.0 Å². The summed E-state index contributed by atoms with van der Waals surface area (Å²) >= 11 is 1.17. The predicted molar refractivity (Wildman–Crippen MR) is 100.0 cm³/mol. The highest BCUT2D eigenvalue weighted by molar-refractivity contribution is 7.15. The summed E-state index contributed by atoms with van der Waals surface area (Å²) in [5.41, 5.74) is 1.08. The zero-order valence-corrected chi connectivity index (χ0v) is 15.4. The average Bonchev–Trinajstić information content (AvgIpc) is 3.32. The number of carbonyl (C=O) groups excluding carboxylic acids is 2. The van der Waals surface area contributed by atoms with Crippen LogP contribution in [-0.4, -0.2) is 36.1 Å². The number of amides is 1. The standard InChI is InChI=1S/C18H18N2O6S/c1-2-25-18(22)15-13(11-5-3-6-12(9-11)20(23)24)10-27-17(15)19-16(21)14-7-4-8-26-14/h3,5-6,9-10,14H,2,4,7-8H2,1H3,(H,19,21)/t14-/m1/s1. The quantitative estimate of drug-likeness (QED) is 0.458. The number of nitrogens with one attached hydrogen (secondary N) is 1. The van der Waals surface area contributed by atoms with E-state index in [0.717, 1.165) is 6.42 Å². The largest absolute Gasteiger partial charge is 0.462 e. The molecule has 1 fully saturated rings. The smallest absolute Gasteiger partial charge is 0.341 e. The number of benzene rings is 1. The van der Waals surface area contributed by atoms with Gasteiger partial charge < -0.3 is 14.8 Å². The maximum absolute atomic E-state index is 12.5. The number of thiophene rings is 1. The Morgan fingerprint density at radius 1 is 1.44 bits per heavy atom. The summed E-state index contributed by atoms with van der Waals surface area (Å²) < 4.78 is 10.5. The molecule has 0 spiro atoms. The normalized spacial score (nSPS) is 16.1. The monoisotopic (exact) mass is 390 g/mol. The molecule has 1 saturated heterocycles. The molecule has 1 amide bonds. The Morgan fingerprint density at radius 3 is 2.93 bits per heavy atom. The van der Waals surface area contributed by atoms with E-state index in [1.165, 1.54) is 23.5 Å². The van der Waals surface area contributed by atoms with Crippen molar-refractivity contribution in [1.82, 2.24) is 0 Å². The third-order valence-corrected chi connectivity index (χ3v) is 4.99.